The zero-order valence-corrected chi connectivity index (χ0v) is 11.3. The molecule has 0 amide bonds. The van der Waals surface area contributed by atoms with Gasteiger partial charge in [0.2, 0.25) is 0 Å². The summed E-state index contributed by atoms with van der Waals surface area (Å²) in [7, 11) is 0. The lowest BCUT2D eigenvalue weighted by Gasteiger charge is -2.29. The minimum atomic E-state index is -0.468. The molecule has 0 fully saturated rings. The Morgan fingerprint density at radius 3 is 2.00 bits per heavy atom. The summed E-state index contributed by atoms with van der Waals surface area (Å²) >= 11 is 0. The largest absolute Gasteiger partial charge is 0.465 e. The predicted octanol–water partition coefficient (Wildman–Crippen LogP) is 2.30. The number of rotatable bonds is 6. The summed E-state index contributed by atoms with van der Waals surface area (Å²) in [5.74, 6) is -0.123. The van der Waals surface area contributed by atoms with Crippen LogP contribution in [-0.2, 0) is 9.53 Å². The van der Waals surface area contributed by atoms with Gasteiger partial charge in [-0.2, -0.15) is 0 Å². The van der Waals surface area contributed by atoms with Gasteiger partial charge in [0.1, 0.15) is 5.54 Å². The van der Waals surface area contributed by atoms with Crippen LogP contribution in [0.25, 0.3) is 0 Å². The van der Waals surface area contributed by atoms with Crippen LogP contribution in [0.2, 0.25) is 0 Å². The quantitative estimate of drug-likeness (QED) is 0.751. The standard InChI is InChI=1S/C10H21NO2.BrH/c1-5-10(6-2,11-7-3)9(12)13-8-4;/h11H,5-8H2,1-4H3;1H. The first kappa shape index (κ1) is 16.3. The van der Waals surface area contributed by atoms with E-state index >= 15 is 0 Å². The number of halogens is 1. The van der Waals surface area contributed by atoms with Gasteiger partial charge in [-0.1, -0.05) is 20.8 Å². The fourth-order valence-corrected chi connectivity index (χ4v) is 1.47. The topological polar surface area (TPSA) is 38.3 Å². The average molecular weight is 268 g/mol. The Labute approximate surface area is 97.4 Å². The van der Waals surface area contributed by atoms with Crippen LogP contribution >= 0.6 is 17.0 Å². The lowest BCUT2D eigenvalue weighted by Crippen LogP contribution is -2.52. The molecule has 0 aromatic carbocycles. The monoisotopic (exact) mass is 267 g/mol. The summed E-state index contributed by atoms with van der Waals surface area (Å²) in [5, 5.41) is 3.21. The van der Waals surface area contributed by atoms with Crippen molar-refractivity contribution in [2.45, 2.75) is 46.1 Å². The van der Waals surface area contributed by atoms with Crippen molar-refractivity contribution in [2.24, 2.45) is 0 Å². The molecular weight excluding hydrogens is 246 g/mol. The van der Waals surface area contributed by atoms with Gasteiger partial charge in [0, 0.05) is 0 Å². The van der Waals surface area contributed by atoms with E-state index in [1.807, 2.05) is 27.7 Å². The third-order valence-corrected chi connectivity index (χ3v) is 2.39. The molecule has 0 aliphatic carbocycles. The van der Waals surface area contributed by atoms with Gasteiger partial charge in [0.25, 0.3) is 0 Å². The number of hydrogen-bond donors (Lipinski definition) is 1. The summed E-state index contributed by atoms with van der Waals surface area (Å²) < 4.78 is 5.04. The van der Waals surface area contributed by atoms with Gasteiger partial charge in [-0.3, -0.25) is 4.79 Å². The number of hydrogen-bond acceptors (Lipinski definition) is 3. The Bertz CT molecular complexity index is 158. The maximum Gasteiger partial charge on any atom is 0.326 e. The predicted molar refractivity (Wildman–Crippen MR) is 63.9 cm³/mol. The highest BCUT2D eigenvalue weighted by Gasteiger charge is 2.34. The van der Waals surface area contributed by atoms with Crippen LogP contribution in [0.4, 0.5) is 0 Å². The second kappa shape index (κ2) is 8.24. The molecule has 3 nitrogen and oxygen atoms in total. The molecule has 86 valence electrons. The minimum Gasteiger partial charge on any atom is -0.465 e. The van der Waals surface area contributed by atoms with Crippen molar-refractivity contribution < 1.29 is 9.53 Å². The molecule has 4 heteroatoms. The maximum atomic E-state index is 11.6. The first-order valence-corrected chi connectivity index (χ1v) is 5.09. The molecule has 0 aromatic rings. The summed E-state index contributed by atoms with van der Waals surface area (Å²) in [6.45, 7) is 9.08. The van der Waals surface area contributed by atoms with E-state index in [0.29, 0.717) is 6.61 Å². The van der Waals surface area contributed by atoms with Gasteiger partial charge in [-0.25, -0.2) is 0 Å². The first-order chi connectivity index (χ1) is 6.16. The van der Waals surface area contributed by atoms with Crippen molar-refractivity contribution in [3.63, 3.8) is 0 Å². The van der Waals surface area contributed by atoms with Gasteiger partial charge in [-0.05, 0) is 26.3 Å². The van der Waals surface area contributed by atoms with E-state index in [4.69, 9.17) is 4.74 Å². The third-order valence-electron chi connectivity index (χ3n) is 2.39. The fourth-order valence-electron chi connectivity index (χ4n) is 1.47. The van der Waals surface area contributed by atoms with E-state index < -0.39 is 5.54 Å². The van der Waals surface area contributed by atoms with Crippen LogP contribution in [0.5, 0.6) is 0 Å². The number of nitrogens with one attached hydrogen (secondary N) is 1. The fraction of sp³-hybridized carbons (Fsp3) is 0.900. The second-order valence-corrected chi connectivity index (χ2v) is 3.04. The van der Waals surface area contributed by atoms with E-state index in [-0.39, 0.29) is 23.0 Å². The molecule has 1 N–H and O–H groups in total. The van der Waals surface area contributed by atoms with Gasteiger partial charge in [0.05, 0.1) is 6.61 Å². The molecule has 0 spiro atoms. The second-order valence-electron chi connectivity index (χ2n) is 3.04. The van der Waals surface area contributed by atoms with Crippen LogP contribution in [0.15, 0.2) is 0 Å². The summed E-state index contributed by atoms with van der Waals surface area (Å²) in [4.78, 5) is 11.6. The van der Waals surface area contributed by atoms with Crippen molar-refractivity contribution >= 4 is 23.0 Å². The molecule has 0 radical (unpaired) electrons. The van der Waals surface area contributed by atoms with Crippen molar-refractivity contribution in [3.8, 4) is 0 Å². The van der Waals surface area contributed by atoms with Gasteiger partial charge >= 0.3 is 5.97 Å². The van der Waals surface area contributed by atoms with Crippen molar-refractivity contribution in [2.75, 3.05) is 13.2 Å². The Morgan fingerprint density at radius 1 is 1.21 bits per heavy atom. The average Bonchev–Trinajstić information content (AvgIpc) is 2.14. The normalized spacial score (nSPS) is 10.6. The van der Waals surface area contributed by atoms with Gasteiger partial charge < -0.3 is 10.1 Å². The Morgan fingerprint density at radius 2 is 1.71 bits per heavy atom. The SMILES string of the molecule is Br.CCNC(CC)(CC)C(=O)OCC. The Hall–Kier alpha value is -0.0900. The number of esters is 1. The van der Waals surface area contributed by atoms with Gasteiger partial charge in [-0.15, -0.1) is 17.0 Å². The van der Waals surface area contributed by atoms with E-state index in [2.05, 4.69) is 5.32 Å². The first-order valence-electron chi connectivity index (χ1n) is 5.09. The Kier molecular flexibility index (Phi) is 9.62. The van der Waals surface area contributed by atoms with E-state index in [9.17, 15) is 4.79 Å². The van der Waals surface area contributed by atoms with Crippen molar-refractivity contribution in [1.82, 2.24) is 5.32 Å². The van der Waals surface area contributed by atoms with Crippen molar-refractivity contribution in [1.29, 1.82) is 0 Å². The molecule has 0 unspecified atom stereocenters. The minimum absolute atomic E-state index is 0. The molecular formula is C10H22BrNO2. The van der Waals surface area contributed by atoms with E-state index in [1.54, 1.807) is 0 Å². The smallest absolute Gasteiger partial charge is 0.326 e. The lowest BCUT2D eigenvalue weighted by atomic mass is 9.93. The number of likely N-dealkylation sites (N-methyl/N-ethyl adjacent to an activating group) is 1. The maximum absolute atomic E-state index is 11.6. The van der Waals surface area contributed by atoms with Crippen LogP contribution in [0.1, 0.15) is 40.5 Å². The molecule has 0 rings (SSSR count). The van der Waals surface area contributed by atoms with Crippen LogP contribution in [0, 0.1) is 0 Å². The molecule has 0 bridgehead atoms. The molecule has 0 saturated heterocycles. The van der Waals surface area contributed by atoms with E-state index in [0.717, 1.165) is 19.4 Å². The number of carbonyl (C=O) groups excluding carboxylic acids is 1. The summed E-state index contributed by atoms with van der Waals surface area (Å²) in [6.07, 6.45) is 1.55. The summed E-state index contributed by atoms with van der Waals surface area (Å²) in [6, 6.07) is 0. The molecule has 0 aromatic heterocycles. The highest BCUT2D eigenvalue weighted by atomic mass is 79.9. The van der Waals surface area contributed by atoms with Crippen LogP contribution in [-0.4, -0.2) is 24.7 Å². The van der Waals surface area contributed by atoms with Crippen LogP contribution in [0.3, 0.4) is 0 Å². The molecule has 0 saturated carbocycles. The number of carbonyl (C=O) groups is 1. The van der Waals surface area contributed by atoms with E-state index in [1.165, 1.54) is 0 Å². The molecule has 14 heavy (non-hydrogen) atoms. The zero-order chi connectivity index (χ0) is 10.3. The highest BCUT2D eigenvalue weighted by molar-refractivity contribution is 8.93. The molecule has 0 aliphatic heterocycles. The molecule has 0 heterocycles. The highest BCUT2D eigenvalue weighted by Crippen LogP contribution is 2.16. The van der Waals surface area contributed by atoms with Crippen molar-refractivity contribution in [3.05, 3.63) is 0 Å². The molecule has 0 atom stereocenters. The summed E-state index contributed by atoms with van der Waals surface area (Å²) in [5.41, 5.74) is -0.468. The zero-order valence-electron chi connectivity index (χ0n) is 9.55. The van der Waals surface area contributed by atoms with Gasteiger partial charge in [0.15, 0.2) is 0 Å². The third kappa shape index (κ3) is 3.96. The lowest BCUT2D eigenvalue weighted by molar-refractivity contribution is -0.151. The Balaban J connectivity index is 0. The van der Waals surface area contributed by atoms with Crippen LogP contribution < -0.4 is 5.32 Å². The molecule has 0 aliphatic rings. The number of ether oxygens (including phenoxy) is 1.